The molecule has 0 atom stereocenters. The van der Waals surface area contributed by atoms with Gasteiger partial charge in [-0.05, 0) is 45.1 Å². The van der Waals surface area contributed by atoms with Gasteiger partial charge >= 0.3 is 0 Å². The molecule has 1 saturated carbocycles. The van der Waals surface area contributed by atoms with Crippen LogP contribution in [0.25, 0.3) is 11.3 Å². The number of hydrogen-bond donors (Lipinski definition) is 0. The van der Waals surface area contributed by atoms with Gasteiger partial charge in [-0.25, -0.2) is 9.97 Å². The monoisotopic (exact) mass is 242 g/mol. The summed E-state index contributed by atoms with van der Waals surface area (Å²) in [7, 11) is 0. The van der Waals surface area contributed by atoms with Crippen LogP contribution in [-0.4, -0.2) is 19.7 Å². The van der Waals surface area contributed by atoms with Crippen molar-refractivity contribution in [2.24, 2.45) is 5.92 Å². The van der Waals surface area contributed by atoms with Crippen molar-refractivity contribution in [3.8, 4) is 11.3 Å². The highest BCUT2D eigenvalue weighted by Crippen LogP contribution is 2.36. The molecular weight excluding hydrogens is 224 g/mol. The van der Waals surface area contributed by atoms with Gasteiger partial charge in [-0.3, -0.25) is 4.68 Å². The quantitative estimate of drug-likeness (QED) is 0.828. The fourth-order valence-corrected chi connectivity index (χ4v) is 2.30. The third-order valence-electron chi connectivity index (χ3n) is 3.42. The van der Waals surface area contributed by atoms with Crippen LogP contribution in [-0.2, 0) is 6.42 Å². The molecule has 0 aliphatic heterocycles. The number of hydrogen-bond acceptors (Lipinski definition) is 3. The van der Waals surface area contributed by atoms with E-state index in [0.29, 0.717) is 6.04 Å². The Kier molecular flexibility index (Phi) is 2.86. The Labute approximate surface area is 107 Å². The molecule has 0 spiro atoms. The van der Waals surface area contributed by atoms with Crippen LogP contribution in [0.4, 0.5) is 0 Å². The normalized spacial score (nSPS) is 15.3. The Bertz CT molecular complexity index is 526. The molecule has 18 heavy (non-hydrogen) atoms. The van der Waals surface area contributed by atoms with Gasteiger partial charge in [0.15, 0.2) is 0 Å². The lowest BCUT2D eigenvalue weighted by molar-refractivity contribution is 0.503. The van der Waals surface area contributed by atoms with E-state index in [9.17, 15) is 0 Å². The van der Waals surface area contributed by atoms with Gasteiger partial charge in [-0.15, -0.1) is 0 Å². The van der Waals surface area contributed by atoms with Crippen molar-refractivity contribution in [1.82, 2.24) is 19.7 Å². The Morgan fingerprint density at radius 3 is 2.83 bits per heavy atom. The predicted octanol–water partition coefficient (Wildman–Crippen LogP) is 2.87. The van der Waals surface area contributed by atoms with Crippen molar-refractivity contribution in [3.63, 3.8) is 0 Å². The van der Waals surface area contributed by atoms with E-state index >= 15 is 0 Å². The molecule has 3 rings (SSSR count). The van der Waals surface area contributed by atoms with E-state index in [1.807, 2.05) is 12.3 Å². The van der Waals surface area contributed by atoms with E-state index in [1.54, 1.807) is 12.5 Å². The SMILES string of the molecule is CC(C)n1ncc(-c2ccncn2)c1CC1CC1. The highest BCUT2D eigenvalue weighted by atomic mass is 15.3. The molecule has 4 nitrogen and oxygen atoms in total. The van der Waals surface area contributed by atoms with E-state index in [4.69, 9.17) is 0 Å². The predicted molar refractivity (Wildman–Crippen MR) is 70.1 cm³/mol. The maximum Gasteiger partial charge on any atom is 0.116 e. The molecule has 0 N–H and O–H groups in total. The Morgan fingerprint density at radius 1 is 1.39 bits per heavy atom. The van der Waals surface area contributed by atoms with E-state index in [2.05, 4.69) is 33.6 Å². The van der Waals surface area contributed by atoms with E-state index < -0.39 is 0 Å². The lowest BCUT2D eigenvalue weighted by Crippen LogP contribution is -2.08. The number of rotatable bonds is 4. The summed E-state index contributed by atoms with van der Waals surface area (Å²) in [5, 5.41) is 4.53. The summed E-state index contributed by atoms with van der Waals surface area (Å²) in [4.78, 5) is 8.32. The van der Waals surface area contributed by atoms with Gasteiger partial charge < -0.3 is 0 Å². The van der Waals surface area contributed by atoms with Crippen molar-refractivity contribution in [1.29, 1.82) is 0 Å². The van der Waals surface area contributed by atoms with Crippen molar-refractivity contribution in [2.45, 2.75) is 39.2 Å². The number of nitrogens with zero attached hydrogens (tertiary/aromatic N) is 4. The third-order valence-corrected chi connectivity index (χ3v) is 3.42. The molecule has 2 heterocycles. The van der Waals surface area contributed by atoms with Crippen molar-refractivity contribution in [3.05, 3.63) is 30.5 Å². The van der Waals surface area contributed by atoms with Crippen LogP contribution in [0.2, 0.25) is 0 Å². The van der Waals surface area contributed by atoms with Gasteiger partial charge in [0, 0.05) is 23.5 Å². The standard InChI is InChI=1S/C14H18N4/c1-10(2)18-14(7-11-3-4-11)12(8-17-18)13-5-6-15-9-16-13/h5-6,8-11H,3-4,7H2,1-2H3. The second-order valence-corrected chi connectivity index (χ2v) is 5.29. The smallest absolute Gasteiger partial charge is 0.116 e. The van der Waals surface area contributed by atoms with Crippen LogP contribution in [0, 0.1) is 5.92 Å². The van der Waals surface area contributed by atoms with Crippen molar-refractivity contribution in [2.75, 3.05) is 0 Å². The first-order chi connectivity index (χ1) is 8.75. The molecule has 94 valence electrons. The molecule has 0 saturated heterocycles. The zero-order valence-electron chi connectivity index (χ0n) is 10.9. The van der Waals surface area contributed by atoms with Gasteiger partial charge in [0.25, 0.3) is 0 Å². The number of aromatic nitrogens is 4. The Morgan fingerprint density at radius 2 is 2.22 bits per heavy atom. The first kappa shape index (κ1) is 11.4. The molecular formula is C14H18N4. The van der Waals surface area contributed by atoms with Gasteiger partial charge in [-0.2, -0.15) is 5.10 Å². The molecule has 1 aliphatic carbocycles. The Hall–Kier alpha value is -1.71. The molecule has 2 aromatic rings. The lowest BCUT2D eigenvalue weighted by Gasteiger charge is -2.12. The second-order valence-electron chi connectivity index (χ2n) is 5.29. The van der Waals surface area contributed by atoms with Crippen LogP contribution in [0.15, 0.2) is 24.8 Å². The molecule has 0 radical (unpaired) electrons. The first-order valence-electron chi connectivity index (χ1n) is 6.58. The molecule has 4 heteroatoms. The van der Waals surface area contributed by atoms with Gasteiger partial charge in [0.2, 0.25) is 0 Å². The van der Waals surface area contributed by atoms with E-state index in [0.717, 1.165) is 23.6 Å². The third kappa shape index (κ3) is 2.15. The highest BCUT2D eigenvalue weighted by Gasteiger charge is 2.26. The molecule has 0 amide bonds. The first-order valence-corrected chi connectivity index (χ1v) is 6.58. The maximum atomic E-state index is 4.53. The van der Waals surface area contributed by atoms with Crippen LogP contribution in [0.1, 0.15) is 38.4 Å². The van der Waals surface area contributed by atoms with E-state index in [1.165, 1.54) is 18.5 Å². The highest BCUT2D eigenvalue weighted by molar-refractivity contribution is 5.60. The average molecular weight is 242 g/mol. The van der Waals surface area contributed by atoms with Crippen LogP contribution < -0.4 is 0 Å². The fraction of sp³-hybridized carbons (Fsp3) is 0.500. The van der Waals surface area contributed by atoms with Crippen LogP contribution in [0.3, 0.4) is 0 Å². The molecule has 2 aromatic heterocycles. The summed E-state index contributed by atoms with van der Waals surface area (Å²) in [6, 6.07) is 2.35. The summed E-state index contributed by atoms with van der Waals surface area (Å²) in [5.41, 5.74) is 3.47. The lowest BCUT2D eigenvalue weighted by atomic mass is 10.1. The minimum absolute atomic E-state index is 0.398. The topological polar surface area (TPSA) is 43.6 Å². The van der Waals surface area contributed by atoms with Crippen molar-refractivity contribution < 1.29 is 0 Å². The molecule has 0 bridgehead atoms. The van der Waals surface area contributed by atoms with E-state index in [-0.39, 0.29) is 0 Å². The maximum absolute atomic E-state index is 4.53. The molecule has 1 fully saturated rings. The van der Waals surface area contributed by atoms with Gasteiger partial charge in [0.1, 0.15) is 6.33 Å². The van der Waals surface area contributed by atoms with Crippen molar-refractivity contribution >= 4 is 0 Å². The molecule has 1 aliphatic rings. The summed E-state index contributed by atoms with van der Waals surface area (Å²) < 4.78 is 2.13. The zero-order valence-corrected chi connectivity index (χ0v) is 10.9. The largest absolute Gasteiger partial charge is 0.266 e. The van der Waals surface area contributed by atoms with Gasteiger partial charge in [-0.1, -0.05) is 0 Å². The molecule has 0 aromatic carbocycles. The van der Waals surface area contributed by atoms with Crippen LogP contribution >= 0.6 is 0 Å². The summed E-state index contributed by atoms with van der Waals surface area (Å²) in [6.45, 7) is 4.35. The summed E-state index contributed by atoms with van der Waals surface area (Å²) >= 11 is 0. The van der Waals surface area contributed by atoms with Gasteiger partial charge in [0.05, 0.1) is 11.9 Å². The summed E-state index contributed by atoms with van der Waals surface area (Å²) in [5.74, 6) is 0.847. The minimum atomic E-state index is 0.398. The summed E-state index contributed by atoms with van der Waals surface area (Å²) in [6.07, 6.45) is 9.16. The zero-order chi connectivity index (χ0) is 12.5. The Balaban J connectivity index is 2.02. The fourth-order valence-electron chi connectivity index (χ4n) is 2.30. The second kappa shape index (κ2) is 4.52. The minimum Gasteiger partial charge on any atom is -0.266 e. The average Bonchev–Trinajstić information content (AvgIpc) is 3.08. The van der Waals surface area contributed by atoms with Crippen LogP contribution in [0.5, 0.6) is 0 Å². The molecule has 0 unspecified atom stereocenters.